The Morgan fingerprint density at radius 2 is 1.96 bits per heavy atom. The van der Waals surface area contributed by atoms with Crippen molar-refractivity contribution in [1.82, 2.24) is 9.97 Å². The zero-order valence-electron chi connectivity index (χ0n) is 12.6. The number of anilines is 2. The molecule has 0 aliphatic heterocycles. The number of nitriles is 1. The lowest BCUT2D eigenvalue weighted by Crippen LogP contribution is -2.17. The number of aromatic nitrogens is 2. The van der Waals surface area contributed by atoms with E-state index >= 15 is 0 Å². The quantitative estimate of drug-likeness (QED) is 0.770. The van der Waals surface area contributed by atoms with Crippen LogP contribution in [0, 0.1) is 11.3 Å². The average Bonchev–Trinajstić information content (AvgIpc) is 2.63. The number of hydrogen-bond donors (Lipinski definition) is 2. The van der Waals surface area contributed by atoms with Crippen LogP contribution in [0.25, 0.3) is 11.3 Å². The molecule has 24 heavy (non-hydrogen) atoms. The standard InChI is InChI=1S/C18H13N5O.2H2/c19-10-12-5-4-6-13(9-12)15-11-21-17(20)16(23-15)18(24)22-14-7-2-1-3-8-14;;/h1-9,11H,(H2,20,21)(H,22,24);2*1H. The lowest BCUT2D eigenvalue weighted by molar-refractivity contribution is 0.102. The summed E-state index contributed by atoms with van der Waals surface area (Å²) in [5.41, 5.74) is 8.13. The fraction of sp³-hybridized carbons (Fsp3) is 0. The summed E-state index contributed by atoms with van der Waals surface area (Å²) in [6, 6.07) is 18.0. The van der Waals surface area contributed by atoms with Crippen LogP contribution in [0.2, 0.25) is 0 Å². The monoisotopic (exact) mass is 319 g/mol. The van der Waals surface area contributed by atoms with Gasteiger partial charge in [-0.2, -0.15) is 5.26 Å². The van der Waals surface area contributed by atoms with Crippen molar-refractivity contribution >= 4 is 17.4 Å². The maximum Gasteiger partial charge on any atom is 0.278 e. The Hall–Kier alpha value is -3.72. The van der Waals surface area contributed by atoms with E-state index in [1.54, 1.807) is 36.4 Å². The number of amides is 1. The summed E-state index contributed by atoms with van der Waals surface area (Å²) in [7, 11) is 0. The topological polar surface area (TPSA) is 105 Å². The summed E-state index contributed by atoms with van der Waals surface area (Å²) in [6.45, 7) is 0. The zero-order valence-corrected chi connectivity index (χ0v) is 12.6. The van der Waals surface area contributed by atoms with Gasteiger partial charge >= 0.3 is 0 Å². The van der Waals surface area contributed by atoms with Gasteiger partial charge in [0.15, 0.2) is 11.5 Å². The first-order valence-electron chi connectivity index (χ1n) is 7.17. The minimum atomic E-state index is -0.440. The van der Waals surface area contributed by atoms with Crippen molar-refractivity contribution in [3.63, 3.8) is 0 Å². The number of benzene rings is 2. The van der Waals surface area contributed by atoms with Crippen LogP contribution in [-0.2, 0) is 0 Å². The summed E-state index contributed by atoms with van der Waals surface area (Å²) in [5.74, 6) is -0.395. The van der Waals surface area contributed by atoms with Crippen molar-refractivity contribution in [3.8, 4) is 17.3 Å². The third kappa shape index (κ3) is 3.20. The van der Waals surface area contributed by atoms with Gasteiger partial charge in [-0.05, 0) is 24.3 Å². The first kappa shape index (κ1) is 15.2. The van der Waals surface area contributed by atoms with Crippen molar-refractivity contribution in [2.45, 2.75) is 0 Å². The van der Waals surface area contributed by atoms with Crippen LogP contribution in [0.1, 0.15) is 18.9 Å². The second-order valence-electron chi connectivity index (χ2n) is 5.00. The highest BCUT2D eigenvalue weighted by atomic mass is 16.1. The Balaban J connectivity index is 0.00000169. The molecule has 6 nitrogen and oxygen atoms in total. The first-order valence-corrected chi connectivity index (χ1v) is 7.17. The van der Waals surface area contributed by atoms with Crippen molar-refractivity contribution in [3.05, 3.63) is 72.1 Å². The van der Waals surface area contributed by atoms with E-state index in [4.69, 9.17) is 11.0 Å². The molecule has 3 N–H and O–H groups in total. The van der Waals surface area contributed by atoms with E-state index in [9.17, 15) is 4.79 Å². The molecule has 0 aliphatic rings. The van der Waals surface area contributed by atoms with E-state index in [1.807, 2.05) is 18.2 Å². The minimum Gasteiger partial charge on any atom is -0.382 e. The molecular weight excluding hydrogens is 302 g/mol. The number of nitrogens with one attached hydrogen (secondary N) is 1. The van der Waals surface area contributed by atoms with E-state index in [1.165, 1.54) is 6.20 Å². The van der Waals surface area contributed by atoms with Crippen LogP contribution in [0.5, 0.6) is 0 Å². The van der Waals surface area contributed by atoms with E-state index in [0.29, 0.717) is 22.5 Å². The second kappa shape index (κ2) is 6.58. The molecule has 120 valence electrons. The van der Waals surface area contributed by atoms with Gasteiger partial charge in [0.2, 0.25) is 0 Å². The predicted molar refractivity (Wildman–Crippen MR) is 95.2 cm³/mol. The third-order valence-corrected chi connectivity index (χ3v) is 3.33. The van der Waals surface area contributed by atoms with Crippen molar-refractivity contribution in [1.29, 1.82) is 5.26 Å². The van der Waals surface area contributed by atoms with Gasteiger partial charge in [-0.15, -0.1) is 0 Å². The number of nitrogens with two attached hydrogens (primary N) is 1. The summed E-state index contributed by atoms with van der Waals surface area (Å²) in [4.78, 5) is 20.7. The Labute approximate surface area is 141 Å². The lowest BCUT2D eigenvalue weighted by Gasteiger charge is -2.08. The van der Waals surface area contributed by atoms with Crippen LogP contribution in [0.3, 0.4) is 0 Å². The molecule has 0 saturated heterocycles. The summed E-state index contributed by atoms with van der Waals surface area (Å²) >= 11 is 0. The Bertz CT molecular complexity index is 942. The van der Waals surface area contributed by atoms with Gasteiger partial charge in [-0.3, -0.25) is 4.79 Å². The number of nitrogen functional groups attached to an aromatic ring is 1. The van der Waals surface area contributed by atoms with Gasteiger partial charge in [0, 0.05) is 14.1 Å². The molecule has 0 saturated carbocycles. The molecule has 1 aromatic heterocycles. The molecule has 2 aromatic carbocycles. The molecule has 0 aliphatic carbocycles. The third-order valence-electron chi connectivity index (χ3n) is 3.33. The second-order valence-corrected chi connectivity index (χ2v) is 5.00. The molecule has 0 fully saturated rings. The number of hydrogen-bond acceptors (Lipinski definition) is 5. The van der Waals surface area contributed by atoms with Gasteiger partial charge < -0.3 is 11.1 Å². The molecule has 3 aromatic rings. The largest absolute Gasteiger partial charge is 0.382 e. The fourth-order valence-corrected chi connectivity index (χ4v) is 2.16. The molecule has 1 heterocycles. The molecule has 6 heteroatoms. The SMILES string of the molecule is N#Cc1cccc(-c2cnc(N)c(C(=O)Nc3ccccc3)n2)c1.[HH].[HH]. The van der Waals surface area contributed by atoms with Crippen molar-refractivity contribution < 1.29 is 7.65 Å². The molecule has 1 amide bonds. The summed E-state index contributed by atoms with van der Waals surface area (Å²) in [5, 5.41) is 11.7. The molecule has 0 spiro atoms. The van der Waals surface area contributed by atoms with Gasteiger partial charge in [0.25, 0.3) is 5.91 Å². The van der Waals surface area contributed by atoms with Crippen LogP contribution in [-0.4, -0.2) is 15.9 Å². The molecular formula is C18H17N5O. The normalized spacial score (nSPS) is 9.96. The van der Waals surface area contributed by atoms with E-state index in [0.717, 1.165) is 0 Å². The van der Waals surface area contributed by atoms with Crippen LogP contribution < -0.4 is 11.1 Å². The maximum absolute atomic E-state index is 12.4. The summed E-state index contributed by atoms with van der Waals surface area (Å²) in [6.07, 6.45) is 1.48. The lowest BCUT2D eigenvalue weighted by atomic mass is 10.1. The predicted octanol–water partition coefficient (Wildman–Crippen LogP) is 3.34. The molecule has 0 radical (unpaired) electrons. The minimum absolute atomic E-state index is 0. The van der Waals surface area contributed by atoms with E-state index in [2.05, 4.69) is 21.4 Å². The van der Waals surface area contributed by atoms with Gasteiger partial charge in [-0.1, -0.05) is 30.3 Å². The van der Waals surface area contributed by atoms with Crippen molar-refractivity contribution in [2.24, 2.45) is 0 Å². The Kier molecular flexibility index (Phi) is 4.17. The number of carbonyl (C=O) groups excluding carboxylic acids is 1. The number of para-hydroxylation sites is 1. The summed E-state index contributed by atoms with van der Waals surface area (Å²) < 4.78 is 0. The molecule has 0 bridgehead atoms. The van der Waals surface area contributed by atoms with Crippen molar-refractivity contribution in [2.75, 3.05) is 11.1 Å². The fourth-order valence-electron chi connectivity index (χ4n) is 2.16. The maximum atomic E-state index is 12.4. The zero-order chi connectivity index (χ0) is 16.9. The average molecular weight is 319 g/mol. The smallest absolute Gasteiger partial charge is 0.278 e. The highest BCUT2D eigenvalue weighted by Crippen LogP contribution is 2.20. The molecule has 3 rings (SSSR count). The van der Waals surface area contributed by atoms with Crippen LogP contribution in [0.15, 0.2) is 60.8 Å². The molecule has 0 unspecified atom stereocenters. The number of rotatable bonds is 3. The first-order chi connectivity index (χ1) is 11.7. The highest BCUT2D eigenvalue weighted by molar-refractivity contribution is 6.05. The van der Waals surface area contributed by atoms with Crippen LogP contribution in [0.4, 0.5) is 11.5 Å². The number of nitrogens with zero attached hydrogens (tertiary/aromatic N) is 3. The molecule has 0 atom stereocenters. The Morgan fingerprint density at radius 1 is 1.17 bits per heavy atom. The van der Waals surface area contributed by atoms with E-state index in [-0.39, 0.29) is 14.4 Å². The highest BCUT2D eigenvalue weighted by Gasteiger charge is 2.15. The van der Waals surface area contributed by atoms with Gasteiger partial charge in [-0.25, -0.2) is 9.97 Å². The number of carbonyl (C=O) groups is 1. The van der Waals surface area contributed by atoms with E-state index < -0.39 is 5.91 Å². The Morgan fingerprint density at radius 3 is 2.71 bits per heavy atom. The van der Waals surface area contributed by atoms with Gasteiger partial charge in [0.05, 0.1) is 23.5 Å². The van der Waals surface area contributed by atoms with Crippen LogP contribution >= 0.6 is 0 Å². The van der Waals surface area contributed by atoms with Gasteiger partial charge in [0.1, 0.15) is 0 Å².